The van der Waals surface area contributed by atoms with Gasteiger partial charge in [-0.05, 0) is 24.1 Å². The van der Waals surface area contributed by atoms with Crippen LogP contribution in [0, 0.1) is 0 Å². The van der Waals surface area contributed by atoms with Crippen LogP contribution in [0.15, 0.2) is 54.6 Å². The Morgan fingerprint density at radius 2 is 1.40 bits per heavy atom. The van der Waals surface area contributed by atoms with Gasteiger partial charge in [0.1, 0.15) is 6.04 Å². The summed E-state index contributed by atoms with van der Waals surface area (Å²) in [6.07, 6.45) is 0.385. The number of hydrogen-bond donors (Lipinski definition) is 4. The summed E-state index contributed by atoms with van der Waals surface area (Å²) in [5.41, 5.74) is 18.4. The van der Waals surface area contributed by atoms with Crippen molar-refractivity contribution >= 4 is 17.3 Å². The first kappa shape index (κ1) is 15.5. The van der Waals surface area contributed by atoms with Gasteiger partial charge in [-0.2, -0.15) is 0 Å². The van der Waals surface area contributed by atoms with Gasteiger partial charge in [0.15, 0.2) is 0 Å². The third-order valence-corrected chi connectivity index (χ3v) is 2.61. The molecule has 0 fully saturated rings. The van der Waals surface area contributed by atoms with E-state index in [1.165, 1.54) is 0 Å². The number of carboxylic acids is 1. The van der Waals surface area contributed by atoms with Crippen LogP contribution in [0.5, 0.6) is 0 Å². The third kappa shape index (κ3) is 5.41. The number of anilines is 2. The monoisotopic (exact) mass is 273 g/mol. The summed E-state index contributed by atoms with van der Waals surface area (Å²) < 4.78 is 0. The van der Waals surface area contributed by atoms with Crippen molar-refractivity contribution in [2.24, 2.45) is 5.73 Å². The maximum atomic E-state index is 10.4. The zero-order valence-electron chi connectivity index (χ0n) is 11.1. The van der Waals surface area contributed by atoms with Crippen molar-refractivity contribution in [3.8, 4) is 0 Å². The first-order valence-electron chi connectivity index (χ1n) is 6.13. The van der Waals surface area contributed by atoms with Crippen molar-refractivity contribution in [2.45, 2.75) is 12.5 Å². The molecule has 20 heavy (non-hydrogen) atoms. The molecule has 5 nitrogen and oxygen atoms in total. The Morgan fingerprint density at radius 3 is 1.80 bits per heavy atom. The van der Waals surface area contributed by atoms with Gasteiger partial charge < -0.3 is 22.3 Å². The first-order chi connectivity index (χ1) is 9.50. The maximum Gasteiger partial charge on any atom is 0.320 e. The third-order valence-electron chi connectivity index (χ3n) is 2.61. The Bertz CT molecular complexity index is 523. The summed E-state index contributed by atoms with van der Waals surface area (Å²) in [7, 11) is 0. The first-order valence-corrected chi connectivity index (χ1v) is 6.13. The van der Waals surface area contributed by atoms with Gasteiger partial charge in [-0.3, -0.25) is 4.79 Å². The molecule has 1 atom stereocenters. The van der Waals surface area contributed by atoms with E-state index in [1.54, 1.807) is 12.1 Å². The van der Waals surface area contributed by atoms with Gasteiger partial charge >= 0.3 is 5.97 Å². The summed E-state index contributed by atoms with van der Waals surface area (Å²) in [6.45, 7) is 0. The molecule has 0 spiro atoms. The summed E-state index contributed by atoms with van der Waals surface area (Å²) in [4.78, 5) is 10.4. The Morgan fingerprint density at radius 1 is 0.950 bits per heavy atom. The van der Waals surface area contributed by atoms with Crippen molar-refractivity contribution in [1.29, 1.82) is 0 Å². The summed E-state index contributed by atoms with van der Waals surface area (Å²) in [5.74, 6) is -0.959. The highest BCUT2D eigenvalue weighted by atomic mass is 16.4. The highest BCUT2D eigenvalue weighted by molar-refractivity contribution is 5.73. The second kappa shape index (κ2) is 7.81. The number of nitrogen functional groups attached to an aromatic ring is 2. The van der Waals surface area contributed by atoms with Crippen LogP contribution < -0.4 is 17.2 Å². The topological polar surface area (TPSA) is 115 Å². The van der Waals surface area contributed by atoms with Crippen LogP contribution in [0.4, 0.5) is 11.4 Å². The summed E-state index contributed by atoms with van der Waals surface area (Å²) in [5, 5.41) is 8.52. The van der Waals surface area contributed by atoms with Gasteiger partial charge in [0.2, 0.25) is 0 Å². The lowest BCUT2D eigenvalue weighted by Crippen LogP contribution is -2.32. The van der Waals surface area contributed by atoms with E-state index in [9.17, 15) is 4.79 Å². The molecule has 0 heterocycles. The quantitative estimate of drug-likeness (QED) is 0.632. The van der Waals surface area contributed by atoms with Crippen molar-refractivity contribution in [2.75, 3.05) is 11.5 Å². The molecule has 0 bridgehead atoms. The average Bonchev–Trinajstić information content (AvgIpc) is 2.44. The molecule has 106 valence electrons. The molecule has 0 amide bonds. The Hall–Kier alpha value is -2.53. The molecule has 2 aromatic carbocycles. The van der Waals surface area contributed by atoms with Crippen LogP contribution in [0.25, 0.3) is 0 Å². The molecule has 0 aromatic heterocycles. The van der Waals surface area contributed by atoms with E-state index in [-0.39, 0.29) is 0 Å². The minimum atomic E-state index is -0.959. The van der Waals surface area contributed by atoms with Gasteiger partial charge in [-0.25, -0.2) is 0 Å². The second-order valence-electron chi connectivity index (χ2n) is 4.26. The zero-order valence-corrected chi connectivity index (χ0v) is 11.1. The van der Waals surface area contributed by atoms with E-state index in [0.29, 0.717) is 17.8 Å². The van der Waals surface area contributed by atoms with E-state index in [4.69, 9.17) is 22.3 Å². The molecular formula is C15H19N3O2. The second-order valence-corrected chi connectivity index (χ2v) is 4.26. The minimum Gasteiger partial charge on any atom is -0.480 e. The van der Waals surface area contributed by atoms with Crippen LogP contribution in [0.3, 0.4) is 0 Å². The molecule has 0 aliphatic carbocycles. The molecule has 2 rings (SSSR count). The standard InChI is InChI=1S/C9H11NO2.C6H8N2/c10-8(9(11)12)6-7-4-2-1-3-5-7;7-5-3-1-2-4-6(5)8/h1-5,8H,6,10H2,(H,11,12);1-4H,7-8H2. The molecule has 1 unspecified atom stereocenters. The lowest BCUT2D eigenvalue weighted by Gasteiger charge is -2.04. The van der Waals surface area contributed by atoms with E-state index >= 15 is 0 Å². The number of aliphatic carboxylic acids is 1. The fourth-order valence-electron chi connectivity index (χ4n) is 1.47. The van der Waals surface area contributed by atoms with Crippen molar-refractivity contribution < 1.29 is 9.90 Å². The van der Waals surface area contributed by atoms with Gasteiger partial charge in [-0.1, -0.05) is 42.5 Å². The van der Waals surface area contributed by atoms with Gasteiger partial charge in [0, 0.05) is 0 Å². The van der Waals surface area contributed by atoms with E-state index < -0.39 is 12.0 Å². The lowest BCUT2D eigenvalue weighted by atomic mass is 10.1. The average molecular weight is 273 g/mol. The van der Waals surface area contributed by atoms with Gasteiger partial charge in [0.05, 0.1) is 11.4 Å². The van der Waals surface area contributed by atoms with Crippen molar-refractivity contribution in [3.63, 3.8) is 0 Å². The summed E-state index contributed by atoms with van der Waals surface area (Å²) >= 11 is 0. The van der Waals surface area contributed by atoms with Crippen molar-refractivity contribution in [3.05, 3.63) is 60.2 Å². The number of carboxylic acid groups (broad SMARTS) is 1. The molecule has 2 aromatic rings. The van der Waals surface area contributed by atoms with Crippen LogP contribution in [-0.2, 0) is 11.2 Å². The Balaban J connectivity index is 0.000000217. The van der Waals surface area contributed by atoms with Crippen LogP contribution in [0.1, 0.15) is 5.56 Å². The number of benzene rings is 2. The van der Waals surface area contributed by atoms with Crippen LogP contribution in [0.2, 0.25) is 0 Å². The smallest absolute Gasteiger partial charge is 0.320 e. The number of hydrogen-bond acceptors (Lipinski definition) is 4. The SMILES string of the molecule is NC(Cc1ccccc1)C(=O)O.Nc1ccccc1N. The molecular weight excluding hydrogens is 254 g/mol. The van der Waals surface area contributed by atoms with Crippen molar-refractivity contribution in [1.82, 2.24) is 0 Å². The van der Waals surface area contributed by atoms with Crippen LogP contribution in [-0.4, -0.2) is 17.1 Å². The predicted molar refractivity (Wildman–Crippen MR) is 81.0 cm³/mol. The largest absolute Gasteiger partial charge is 0.480 e. The fourth-order valence-corrected chi connectivity index (χ4v) is 1.47. The molecule has 0 radical (unpaired) electrons. The summed E-state index contributed by atoms with van der Waals surface area (Å²) in [6, 6.07) is 15.8. The molecule has 0 saturated heterocycles. The Kier molecular flexibility index (Phi) is 6.06. The highest BCUT2D eigenvalue weighted by Gasteiger charge is 2.10. The fraction of sp³-hybridized carbons (Fsp3) is 0.133. The molecule has 0 aliphatic heterocycles. The molecule has 0 saturated carbocycles. The van der Waals surface area contributed by atoms with E-state index in [0.717, 1.165) is 5.56 Å². The van der Waals surface area contributed by atoms with Gasteiger partial charge in [0.25, 0.3) is 0 Å². The Labute approximate surface area is 118 Å². The zero-order chi connectivity index (χ0) is 15.0. The predicted octanol–water partition coefficient (Wildman–Crippen LogP) is 1.49. The molecule has 5 heteroatoms. The number of rotatable bonds is 3. The van der Waals surface area contributed by atoms with E-state index in [1.807, 2.05) is 42.5 Å². The normalized spacial score (nSPS) is 11.1. The number of nitrogens with two attached hydrogens (primary N) is 3. The maximum absolute atomic E-state index is 10.4. The van der Waals surface area contributed by atoms with E-state index in [2.05, 4.69) is 0 Å². The number of carbonyl (C=O) groups is 1. The lowest BCUT2D eigenvalue weighted by molar-refractivity contribution is -0.138. The minimum absolute atomic E-state index is 0.385. The van der Waals surface area contributed by atoms with Gasteiger partial charge in [-0.15, -0.1) is 0 Å². The van der Waals surface area contributed by atoms with Crippen LogP contribution >= 0.6 is 0 Å². The highest BCUT2D eigenvalue weighted by Crippen LogP contribution is 2.10. The molecule has 7 N–H and O–H groups in total. The molecule has 0 aliphatic rings. The number of para-hydroxylation sites is 2.